The predicted molar refractivity (Wildman–Crippen MR) is 108 cm³/mol. The largest absolute Gasteiger partial charge is 0.445 e. The van der Waals surface area contributed by atoms with Crippen molar-refractivity contribution in [2.45, 2.75) is 51.3 Å². The average Bonchev–Trinajstić information content (AvgIpc) is 3.24. The number of H-pyrrole nitrogens is 1. The molecule has 28 heavy (non-hydrogen) atoms. The number of pyridine rings is 1. The van der Waals surface area contributed by atoms with Gasteiger partial charge in [0, 0.05) is 23.7 Å². The third-order valence-electron chi connectivity index (χ3n) is 6.13. The Balaban J connectivity index is 1.53. The molecule has 1 aromatic carbocycles. The molecule has 0 saturated heterocycles. The Kier molecular flexibility index (Phi) is 5.37. The van der Waals surface area contributed by atoms with Crippen LogP contribution in [0.3, 0.4) is 0 Å². The van der Waals surface area contributed by atoms with Crippen LogP contribution in [0.15, 0.2) is 47.4 Å². The SMILES string of the molecule is C[C@@H]1C(NC(=O)OCc2ccccc2)c2cc[nH]c(=O)c2N[C@H]1C1CCCC1. The van der Waals surface area contributed by atoms with Crippen LogP contribution in [0.2, 0.25) is 0 Å². The second-order valence-electron chi connectivity index (χ2n) is 7.89. The van der Waals surface area contributed by atoms with Crippen LogP contribution in [0, 0.1) is 11.8 Å². The molecule has 1 fully saturated rings. The van der Waals surface area contributed by atoms with Gasteiger partial charge in [0.1, 0.15) is 12.3 Å². The van der Waals surface area contributed by atoms with E-state index in [1.165, 1.54) is 12.8 Å². The van der Waals surface area contributed by atoms with Gasteiger partial charge in [-0.2, -0.15) is 0 Å². The van der Waals surface area contributed by atoms with E-state index in [0.29, 0.717) is 11.6 Å². The Hall–Kier alpha value is -2.76. The van der Waals surface area contributed by atoms with Crippen molar-refractivity contribution in [3.8, 4) is 0 Å². The number of anilines is 1. The minimum Gasteiger partial charge on any atom is -0.445 e. The van der Waals surface area contributed by atoms with Crippen LogP contribution in [-0.4, -0.2) is 17.1 Å². The number of rotatable bonds is 4. The fourth-order valence-electron chi connectivity index (χ4n) is 4.66. The van der Waals surface area contributed by atoms with Gasteiger partial charge in [0.15, 0.2) is 0 Å². The first kappa shape index (κ1) is 18.6. The lowest BCUT2D eigenvalue weighted by Crippen LogP contribution is -2.48. The summed E-state index contributed by atoms with van der Waals surface area (Å²) in [7, 11) is 0. The molecule has 3 atom stereocenters. The summed E-state index contributed by atoms with van der Waals surface area (Å²) in [4.78, 5) is 27.7. The predicted octanol–water partition coefficient (Wildman–Crippen LogP) is 3.96. The minimum atomic E-state index is -0.459. The van der Waals surface area contributed by atoms with Crippen LogP contribution < -0.4 is 16.2 Å². The first-order valence-corrected chi connectivity index (χ1v) is 10.1. The van der Waals surface area contributed by atoms with Crippen LogP contribution >= 0.6 is 0 Å². The van der Waals surface area contributed by atoms with Crippen molar-refractivity contribution in [3.63, 3.8) is 0 Å². The zero-order valence-electron chi connectivity index (χ0n) is 16.1. The van der Waals surface area contributed by atoms with Gasteiger partial charge in [-0.25, -0.2) is 4.79 Å². The summed E-state index contributed by atoms with van der Waals surface area (Å²) in [5.41, 5.74) is 2.20. The van der Waals surface area contributed by atoms with Gasteiger partial charge in [-0.15, -0.1) is 0 Å². The third-order valence-corrected chi connectivity index (χ3v) is 6.13. The standard InChI is InChI=1S/C22H27N3O3/c1-14-18(16-9-5-6-10-16)24-20-17(11-12-23-21(20)26)19(14)25-22(27)28-13-15-7-3-2-4-8-15/h2-4,7-8,11-12,14,16,18-19,24H,5-6,9-10,13H2,1H3,(H,23,26)(H,25,27)/t14-,18+,19?/m0/s1. The highest BCUT2D eigenvalue weighted by Crippen LogP contribution is 2.41. The molecule has 2 aromatic rings. The number of hydrogen-bond acceptors (Lipinski definition) is 4. The lowest BCUT2D eigenvalue weighted by molar-refractivity contribution is 0.129. The summed E-state index contributed by atoms with van der Waals surface area (Å²) in [5.74, 6) is 0.675. The molecule has 2 aliphatic rings. The number of fused-ring (bicyclic) bond motifs is 1. The molecule has 1 aromatic heterocycles. The van der Waals surface area contributed by atoms with E-state index in [-0.39, 0.29) is 30.2 Å². The van der Waals surface area contributed by atoms with Crippen molar-refractivity contribution in [3.05, 3.63) is 64.1 Å². The smallest absolute Gasteiger partial charge is 0.407 e. The molecule has 2 heterocycles. The molecule has 1 unspecified atom stereocenters. The molecule has 6 heteroatoms. The first-order valence-electron chi connectivity index (χ1n) is 10.1. The van der Waals surface area contributed by atoms with Gasteiger partial charge in [0.05, 0.1) is 6.04 Å². The molecule has 0 radical (unpaired) electrons. The van der Waals surface area contributed by atoms with Gasteiger partial charge in [0.2, 0.25) is 0 Å². The highest BCUT2D eigenvalue weighted by Gasteiger charge is 2.40. The molecule has 148 valence electrons. The summed E-state index contributed by atoms with van der Waals surface area (Å²) in [6.45, 7) is 2.36. The molecular weight excluding hydrogens is 354 g/mol. The zero-order valence-corrected chi connectivity index (χ0v) is 16.1. The second-order valence-corrected chi connectivity index (χ2v) is 7.89. The number of carbonyl (C=O) groups is 1. The minimum absolute atomic E-state index is 0.142. The maximum absolute atomic E-state index is 12.5. The maximum atomic E-state index is 12.5. The first-order chi connectivity index (χ1) is 13.6. The molecule has 4 rings (SSSR count). The van der Waals surface area contributed by atoms with Crippen LogP contribution in [0.1, 0.15) is 49.8 Å². The van der Waals surface area contributed by atoms with E-state index in [1.807, 2.05) is 36.4 Å². The summed E-state index contributed by atoms with van der Waals surface area (Å²) in [6, 6.07) is 11.4. The van der Waals surface area contributed by atoms with Gasteiger partial charge < -0.3 is 20.4 Å². The Bertz CT molecular complexity index is 874. The molecule has 1 aliphatic carbocycles. The molecule has 1 aliphatic heterocycles. The van der Waals surface area contributed by atoms with Crippen molar-refractivity contribution < 1.29 is 9.53 Å². The van der Waals surface area contributed by atoms with E-state index in [2.05, 4.69) is 22.5 Å². The van der Waals surface area contributed by atoms with Crippen LogP contribution in [0.5, 0.6) is 0 Å². The van der Waals surface area contributed by atoms with Gasteiger partial charge in [0.25, 0.3) is 5.56 Å². The molecule has 1 amide bonds. The average molecular weight is 381 g/mol. The molecule has 0 spiro atoms. The van der Waals surface area contributed by atoms with E-state index < -0.39 is 6.09 Å². The van der Waals surface area contributed by atoms with Gasteiger partial charge in [-0.3, -0.25) is 4.79 Å². The van der Waals surface area contributed by atoms with Crippen LogP contribution in [0.25, 0.3) is 0 Å². The van der Waals surface area contributed by atoms with Crippen molar-refractivity contribution >= 4 is 11.8 Å². The highest BCUT2D eigenvalue weighted by atomic mass is 16.5. The molecular formula is C22H27N3O3. The number of alkyl carbamates (subject to hydrolysis) is 1. The lowest BCUT2D eigenvalue weighted by Gasteiger charge is -2.41. The topological polar surface area (TPSA) is 83.2 Å². The van der Waals surface area contributed by atoms with Crippen LogP contribution in [-0.2, 0) is 11.3 Å². The Morgan fingerprint density at radius 1 is 1.18 bits per heavy atom. The van der Waals surface area contributed by atoms with Gasteiger partial charge in [-0.05, 0) is 30.4 Å². The van der Waals surface area contributed by atoms with Crippen molar-refractivity contribution in [2.24, 2.45) is 11.8 Å². The Morgan fingerprint density at radius 3 is 2.68 bits per heavy atom. The van der Waals surface area contributed by atoms with Crippen molar-refractivity contribution in [1.82, 2.24) is 10.3 Å². The fraction of sp³-hybridized carbons (Fsp3) is 0.455. The van der Waals surface area contributed by atoms with E-state index in [4.69, 9.17) is 4.74 Å². The molecule has 0 bridgehead atoms. The van der Waals surface area contributed by atoms with E-state index in [0.717, 1.165) is 24.0 Å². The van der Waals surface area contributed by atoms with E-state index >= 15 is 0 Å². The highest BCUT2D eigenvalue weighted by molar-refractivity contribution is 5.69. The number of ether oxygens (including phenoxy) is 1. The normalized spacial score (nSPS) is 24.2. The van der Waals surface area contributed by atoms with Gasteiger partial charge >= 0.3 is 6.09 Å². The number of nitrogens with one attached hydrogen (secondary N) is 3. The van der Waals surface area contributed by atoms with Crippen LogP contribution in [0.4, 0.5) is 10.5 Å². The molecule has 1 saturated carbocycles. The van der Waals surface area contributed by atoms with Crippen molar-refractivity contribution in [1.29, 1.82) is 0 Å². The lowest BCUT2D eigenvalue weighted by atomic mass is 9.78. The Morgan fingerprint density at radius 2 is 1.93 bits per heavy atom. The number of aromatic nitrogens is 1. The van der Waals surface area contributed by atoms with Gasteiger partial charge in [-0.1, -0.05) is 50.1 Å². The number of aromatic amines is 1. The summed E-state index contributed by atoms with van der Waals surface area (Å²) < 4.78 is 5.43. The van der Waals surface area contributed by atoms with E-state index in [1.54, 1.807) is 6.20 Å². The van der Waals surface area contributed by atoms with E-state index in [9.17, 15) is 9.59 Å². The number of benzene rings is 1. The number of amides is 1. The van der Waals surface area contributed by atoms with Crippen molar-refractivity contribution in [2.75, 3.05) is 5.32 Å². The second kappa shape index (κ2) is 8.09. The summed E-state index contributed by atoms with van der Waals surface area (Å²) >= 11 is 0. The summed E-state index contributed by atoms with van der Waals surface area (Å²) in [5, 5.41) is 6.50. The summed E-state index contributed by atoms with van der Waals surface area (Å²) in [6.07, 6.45) is 5.95. The maximum Gasteiger partial charge on any atom is 0.407 e. The molecule has 6 nitrogen and oxygen atoms in total. The molecule has 3 N–H and O–H groups in total. The number of carbonyl (C=O) groups excluding carboxylic acids is 1. The third kappa shape index (κ3) is 3.77. The quantitative estimate of drug-likeness (QED) is 0.748. The fourth-order valence-corrected chi connectivity index (χ4v) is 4.66. The Labute approximate surface area is 164 Å². The zero-order chi connectivity index (χ0) is 19.5. The monoisotopic (exact) mass is 381 g/mol. The number of hydrogen-bond donors (Lipinski definition) is 3.